The first-order chi connectivity index (χ1) is 9.00. The standard InChI is InChI=1S/C15H19BrN2O/c1-4-15(19,12-8-6-5-7-9-12)14-13(16)10-17-18(14)11(2)3/h5-11,19H,4H2,1-3H3. The Morgan fingerprint density at radius 3 is 2.47 bits per heavy atom. The zero-order valence-corrected chi connectivity index (χ0v) is 13.1. The third kappa shape index (κ3) is 2.47. The summed E-state index contributed by atoms with van der Waals surface area (Å²) in [5.41, 5.74) is 0.678. The van der Waals surface area contributed by atoms with Crippen LogP contribution in [0.5, 0.6) is 0 Å². The second-order valence-electron chi connectivity index (χ2n) is 4.96. The van der Waals surface area contributed by atoms with Crippen LogP contribution in [0.4, 0.5) is 0 Å². The van der Waals surface area contributed by atoms with E-state index in [2.05, 4.69) is 34.9 Å². The maximum atomic E-state index is 11.2. The Hall–Kier alpha value is -1.13. The molecule has 0 bridgehead atoms. The highest BCUT2D eigenvalue weighted by molar-refractivity contribution is 9.10. The van der Waals surface area contributed by atoms with E-state index in [0.29, 0.717) is 6.42 Å². The average Bonchev–Trinajstić information content (AvgIpc) is 2.81. The van der Waals surface area contributed by atoms with Gasteiger partial charge in [0.15, 0.2) is 0 Å². The second-order valence-corrected chi connectivity index (χ2v) is 5.81. The fourth-order valence-corrected chi connectivity index (χ4v) is 2.94. The smallest absolute Gasteiger partial charge is 0.132 e. The predicted octanol–water partition coefficient (Wildman–Crippen LogP) is 3.87. The van der Waals surface area contributed by atoms with Crippen LogP contribution in [0.2, 0.25) is 0 Å². The summed E-state index contributed by atoms with van der Waals surface area (Å²) in [7, 11) is 0. The van der Waals surface area contributed by atoms with Crippen molar-refractivity contribution < 1.29 is 5.11 Å². The number of nitrogens with zero attached hydrogens (tertiary/aromatic N) is 2. The minimum absolute atomic E-state index is 0.197. The van der Waals surface area contributed by atoms with E-state index in [1.165, 1.54) is 0 Å². The van der Waals surface area contributed by atoms with Gasteiger partial charge in [0.2, 0.25) is 0 Å². The van der Waals surface area contributed by atoms with Gasteiger partial charge in [-0.25, -0.2) is 0 Å². The molecule has 2 rings (SSSR count). The summed E-state index contributed by atoms with van der Waals surface area (Å²) in [5.74, 6) is 0. The van der Waals surface area contributed by atoms with Crippen LogP contribution in [0.15, 0.2) is 41.0 Å². The Bertz CT molecular complexity index is 551. The van der Waals surface area contributed by atoms with Gasteiger partial charge in [-0.3, -0.25) is 4.68 Å². The summed E-state index contributed by atoms with van der Waals surface area (Å²) in [6.45, 7) is 6.10. The minimum Gasteiger partial charge on any atom is -0.379 e. The monoisotopic (exact) mass is 322 g/mol. The van der Waals surface area contributed by atoms with Crippen molar-refractivity contribution >= 4 is 15.9 Å². The van der Waals surface area contributed by atoms with Crippen molar-refractivity contribution in [1.82, 2.24) is 9.78 Å². The molecular formula is C15H19BrN2O. The van der Waals surface area contributed by atoms with Crippen molar-refractivity contribution in [2.45, 2.75) is 38.8 Å². The van der Waals surface area contributed by atoms with Gasteiger partial charge in [0.25, 0.3) is 0 Å². The van der Waals surface area contributed by atoms with Crippen molar-refractivity contribution in [1.29, 1.82) is 0 Å². The van der Waals surface area contributed by atoms with E-state index in [0.717, 1.165) is 15.7 Å². The lowest BCUT2D eigenvalue weighted by molar-refractivity contribution is 0.0644. The van der Waals surface area contributed by atoms with Crippen LogP contribution >= 0.6 is 15.9 Å². The van der Waals surface area contributed by atoms with Gasteiger partial charge in [-0.15, -0.1) is 0 Å². The molecule has 0 saturated carbocycles. The molecule has 1 heterocycles. The molecule has 1 unspecified atom stereocenters. The molecule has 1 aromatic heterocycles. The maximum Gasteiger partial charge on any atom is 0.132 e. The first kappa shape index (κ1) is 14.3. The summed E-state index contributed by atoms with van der Waals surface area (Å²) in [6.07, 6.45) is 2.34. The number of benzene rings is 1. The highest BCUT2D eigenvalue weighted by atomic mass is 79.9. The molecule has 1 aromatic carbocycles. The van der Waals surface area contributed by atoms with Crippen LogP contribution in [-0.2, 0) is 5.60 Å². The molecule has 3 nitrogen and oxygen atoms in total. The van der Waals surface area contributed by atoms with Crippen molar-refractivity contribution in [3.05, 3.63) is 52.3 Å². The molecule has 0 saturated heterocycles. The maximum absolute atomic E-state index is 11.2. The van der Waals surface area contributed by atoms with Gasteiger partial charge in [-0.05, 0) is 41.8 Å². The SMILES string of the molecule is CCC(O)(c1ccccc1)c1c(Br)cnn1C(C)C. The number of aliphatic hydroxyl groups is 1. The van der Waals surface area contributed by atoms with Crippen molar-refractivity contribution in [3.63, 3.8) is 0 Å². The van der Waals surface area contributed by atoms with Gasteiger partial charge >= 0.3 is 0 Å². The number of hydrogen-bond donors (Lipinski definition) is 1. The van der Waals surface area contributed by atoms with Gasteiger partial charge in [0.05, 0.1) is 16.4 Å². The quantitative estimate of drug-likeness (QED) is 0.927. The second kappa shape index (κ2) is 5.47. The van der Waals surface area contributed by atoms with E-state index in [9.17, 15) is 5.11 Å². The fourth-order valence-electron chi connectivity index (χ4n) is 2.34. The molecule has 2 aromatic rings. The lowest BCUT2D eigenvalue weighted by Gasteiger charge is -2.30. The molecule has 1 atom stereocenters. The lowest BCUT2D eigenvalue weighted by Crippen LogP contribution is -2.31. The van der Waals surface area contributed by atoms with E-state index in [4.69, 9.17) is 0 Å². The number of aromatic nitrogens is 2. The first-order valence-corrected chi connectivity index (χ1v) is 7.31. The Morgan fingerprint density at radius 1 is 1.32 bits per heavy atom. The summed E-state index contributed by atoms with van der Waals surface area (Å²) in [4.78, 5) is 0. The normalized spacial score (nSPS) is 14.6. The number of rotatable bonds is 4. The van der Waals surface area contributed by atoms with Crippen LogP contribution in [0, 0.1) is 0 Å². The zero-order chi connectivity index (χ0) is 14.0. The molecule has 0 aliphatic carbocycles. The zero-order valence-electron chi connectivity index (χ0n) is 11.5. The Morgan fingerprint density at radius 2 is 1.95 bits per heavy atom. The molecule has 4 heteroatoms. The highest BCUT2D eigenvalue weighted by Gasteiger charge is 2.35. The van der Waals surface area contributed by atoms with Crippen molar-refractivity contribution in [2.75, 3.05) is 0 Å². The van der Waals surface area contributed by atoms with Crippen LogP contribution in [0.25, 0.3) is 0 Å². The Kier molecular flexibility index (Phi) is 4.11. The number of halogens is 1. The molecule has 0 fully saturated rings. The average molecular weight is 323 g/mol. The fraction of sp³-hybridized carbons (Fsp3) is 0.400. The Balaban J connectivity index is 2.63. The topological polar surface area (TPSA) is 38.1 Å². The lowest BCUT2D eigenvalue weighted by atomic mass is 9.87. The van der Waals surface area contributed by atoms with E-state index in [1.54, 1.807) is 6.20 Å². The molecule has 0 spiro atoms. The van der Waals surface area contributed by atoms with Gasteiger partial charge < -0.3 is 5.11 Å². The van der Waals surface area contributed by atoms with Gasteiger partial charge in [0.1, 0.15) is 5.60 Å². The van der Waals surface area contributed by atoms with Gasteiger partial charge in [0, 0.05) is 6.04 Å². The van der Waals surface area contributed by atoms with Crippen LogP contribution in [-0.4, -0.2) is 14.9 Å². The molecular weight excluding hydrogens is 304 g/mol. The third-order valence-electron chi connectivity index (χ3n) is 3.39. The van der Waals surface area contributed by atoms with Gasteiger partial charge in [-0.2, -0.15) is 5.10 Å². The molecule has 0 amide bonds. The molecule has 102 valence electrons. The van der Waals surface area contributed by atoms with Crippen LogP contribution < -0.4 is 0 Å². The van der Waals surface area contributed by atoms with Crippen molar-refractivity contribution in [2.24, 2.45) is 0 Å². The van der Waals surface area contributed by atoms with E-state index < -0.39 is 5.60 Å². The molecule has 0 aliphatic rings. The number of hydrogen-bond acceptors (Lipinski definition) is 2. The largest absolute Gasteiger partial charge is 0.379 e. The van der Waals surface area contributed by atoms with E-state index >= 15 is 0 Å². The summed E-state index contributed by atoms with van der Waals surface area (Å²) < 4.78 is 2.72. The van der Waals surface area contributed by atoms with Crippen molar-refractivity contribution in [3.8, 4) is 0 Å². The van der Waals surface area contributed by atoms with E-state index in [1.807, 2.05) is 41.9 Å². The summed E-state index contributed by atoms with van der Waals surface area (Å²) in [5, 5.41) is 15.5. The molecule has 19 heavy (non-hydrogen) atoms. The van der Waals surface area contributed by atoms with Crippen LogP contribution in [0.3, 0.4) is 0 Å². The van der Waals surface area contributed by atoms with Crippen LogP contribution in [0.1, 0.15) is 44.5 Å². The molecule has 0 radical (unpaired) electrons. The predicted molar refractivity (Wildman–Crippen MR) is 80.0 cm³/mol. The highest BCUT2D eigenvalue weighted by Crippen LogP contribution is 2.38. The minimum atomic E-state index is -1.03. The first-order valence-electron chi connectivity index (χ1n) is 6.52. The third-order valence-corrected chi connectivity index (χ3v) is 3.98. The molecule has 1 N–H and O–H groups in total. The summed E-state index contributed by atoms with van der Waals surface area (Å²) >= 11 is 3.52. The molecule has 0 aliphatic heterocycles. The van der Waals surface area contributed by atoms with Gasteiger partial charge in [-0.1, -0.05) is 37.3 Å². The Labute approximate surface area is 122 Å². The summed E-state index contributed by atoms with van der Waals surface area (Å²) in [6, 6.07) is 9.94. The van der Waals surface area contributed by atoms with E-state index in [-0.39, 0.29) is 6.04 Å².